The van der Waals surface area contributed by atoms with Gasteiger partial charge in [-0.15, -0.1) is 0 Å². The summed E-state index contributed by atoms with van der Waals surface area (Å²) in [6, 6.07) is 0.574. The summed E-state index contributed by atoms with van der Waals surface area (Å²) in [4.78, 5) is 0. The number of aromatic nitrogens is 2. The second-order valence-electron chi connectivity index (χ2n) is 4.38. The van der Waals surface area contributed by atoms with Crippen molar-refractivity contribution in [3.05, 3.63) is 6.20 Å². The Morgan fingerprint density at radius 1 is 1.20 bits per heavy atom. The van der Waals surface area contributed by atoms with Gasteiger partial charge in [0.25, 0.3) is 0 Å². The van der Waals surface area contributed by atoms with Gasteiger partial charge in [0.1, 0.15) is 5.82 Å². The molecule has 0 aromatic carbocycles. The highest BCUT2D eigenvalue weighted by Gasteiger charge is 2.12. The van der Waals surface area contributed by atoms with E-state index in [1.165, 1.54) is 44.9 Å². The maximum atomic E-state index is 5.75. The third-order valence-electron chi connectivity index (χ3n) is 3.13. The van der Waals surface area contributed by atoms with Crippen molar-refractivity contribution >= 4 is 11.5 Å². The van der Waals surface area contributed by atoms with Crippen LogP contribution in [0.1, 0.15) is 44.9 Å². The summed E-state index contributed by atoms with van der Waals surface area (Å²) in [7, 11) is 0. The van der Waals surface area contributed by atoms with Crippen LogP contribution in [-0.4, -0.2) is 16.2 Å². The Morgan fingerprint density at radius 2 is 1.87 bits per heavy atom. The van der Waals surface area contributed by atoms with E-state index in [-0.39, 0.29) is 0 Å². The number of nitrogens with zero attached hydrogens (tertiary/aromatic N) is 1. The first kappa shape index (κ1) is 10.3. The van der Waals surface area contributed by atoms with E-state index in [2.05, 4.69) is 15.5 Å². The number of hydrogen-bond donors (Lipinski definition) is 3. The molecular weight excluding hydrogens is 188 g/mol. The normalized spacial score (nSPS) is 19.5. The van der Waals surface area contributed by atoms with Crippen molar-refractivity contribution in [3.63, 3.8) is 0 Å². The molecule has 84 valence electrons. The Morgan fingerprint density at radius 3 is 2.47 bits per heavy atom. The number of hydrogen-bond acceptors (Lipinski definition) is 3. The van der Waals surface area contributed by atoms with Crippen LogP contribution < -0.4 is 11.1 Å². The van der Waals surface area contributed by atoms with Crippen LogP contribution in [0.4, 0.5) is 11.5 Å². The van der Waals surface area contributed by atoms with Crippen LogP contribution >= 0.6 is 0 Å². The Kier molecular flexibility index (Phi) is 3.48. The number of nitrogens with one attached hydrogen (secondary N) is 2. The Labute approximate surface area is 90.6 Å². The summed E-state index contributed by atoms with van der Waals surface area (Å²) in [6.07, 6.45) is 11.1. The molecule has 0 radical (unpaired) electrons. The Bertz CT molecular complexity index is 287. The van der Waals surface area contributed by atoms with Crippen LogP contribution in [0, 0.1) is 0 Å². The number of nitrogen functional groups attached to an aromatic ring is 1. The Balaban J connectivity index is 1.89. The summed E-state index contributed by atoms with van der Waals surface area (Å²) in [5, 5.41) is 10.1. The second kappa shape index (κ2) is 5.05. The van der Waals surface area contributed by atoms with Gasteiger partial charge in [0.15, 0.2) is 0 Å². The quantitative estimate of drug-likeness (QED) is 0.699. The van der Waals surface area contributed by atoms with Crippen molar-refractivity contribution in [2.45, 2.75) is 51.0 Å². The van der Waals surface area contributed by atoms with Gasteiger partial charge in [0.05, 0.1) is 11.9 Å². The van der Waals surface area contributed by atoms with E-state index in [0.717, 1.165) is 5.69 Å². The van der Waals surface area contributed by atoms with Crippen molar-refractivity contribution in [1.29, 1.82) is 0 Å². The molecule has 15 heavy (non-hydrogen) atoms. The van der Waals surface area contributed by atoms with E-state index in [4.69, 9.17) is 5.73 Å². The molecule has 0 bridgehead atoms. The molecule has 0 atom stereocenters. The lowest BCUT2D eigenvalue weighted by Crippen LogP contribution is -2.20. The maximum absolute atomic E-state index is 5.75. The van der Waals surface area contributed by atoms with Crippen LogP contribution in [0.5, 0.6) is 0 Å². The minimum Gasteiger partial charge on any atom is -0.382 e. The van der Waals surface area contributed by atoms with E-state index in [1.807, 2.05) is 0 Å². The number of nitrogens with two attached hydrogens (primary N) is 1. The van der Waals surface area contributed by atoms with E-state index in [0.29, 0.717) is 11.9 Å². The number of H-pyrrole nitrogens is 1. The van der Waals surface area contributed by atoms with Gasteiger partial charge in [-0.05, 0) is 12.8 Å². The number of aromatic amines is 1. The maximum Gasteiger partial charge on any atom is 0.142 e. The third-order valence-corrected chi connectivity index (χ3v) is 3.13. The average molecular weight is 208 g/mol. The average Bonchev–Trinajstić information content (AvgIpc) is 2.56. The molecular formula is C11H20N4. The molecule has 4 nitrogen and oxygen atoms in total. The predicted octanol–water partition coefficient (Wildman–Crippen LogP) is 2.52. The lowest BCUT2D eigenvalue weighted by atomic mass is 9.96. The summed E-state index contributed by atoms with van der Waals surface area (Å²) in [6.45, 7) is 0. The van der Waals surface area contributed by atoms with Crippen LogP contribution in [0.15, 0.2) is 6.20 Å². The van der Waals surface area contributed by atoms with E-state index < -0.39 is 0 Å². The SMILES string of the molecule is Nc1[nH]ncc1NC1CCCCCCC1. The van der Waals surface area contributed by atoms with Crippen molar-refractivity contribution in [1.82, 2.24) is 10.2 Å². The minimum absolute atomic E-state index is 0.574. The fourth-order valence-electron chi connectivity index (χ4n) is 2.23. The monoisotopic (exact) mass is 208 g/mol. The fourth-order valence-corrected chi connectivity index (χ4v) is 2.23. The van der Waals surface area contributed by atoms with Gasteiger partial charge in [-0.2, -0.15) is 5.10 Å². The highest BCUT2D eigenvalue weighted by Crippen LogP contribution is 2.22. The third kappa shape index (κ3) is 2.88. The van der Waals surface area contributed by atoms with Crippen LogP contribution in [0.3, 0.4) is 0 Å². The van der Waals surface area contributed by atoms with Crippen molar-refractivity contribution in [2.24, 2.45) is 0 Å². The summed E-state index contributed by atoms with van der Waals surface area (Å²) in [5.41, 5.74) is 6.71. The van der Waals surface area contributed by atoms with Gasteiger partial charge in [-0.3, -0.25) is 5.10 Å². The van der Waals surface area contributed by atoms with Crippen LogP contribution in [-0.2, 0) is 0 Å². The highest BCUT2D eigenvalue weighted by molar-refractivity contribution is 5.60. The molecule has 2 rings (SSSR count). The topological polar surface area (TPSA) is 66.7 Å². The molecule has 1 aliphatic carbocycles. The van der Waals surface area contributed by atoms with Gasteiger partial charge in [-0.1, -0.05) is 32.1 Å². The number of anilines is 2. The highest BCUT2D eigenvalue weighted by atomic mass is 15.2. The molecule has 0 saturated heterocycles. The van der Waals surface area contributed by atoms with Crippen molar-refractivity contribution in [3.8, 4) is 0 Å². The van der Waals surface area contributed by atoms with Gasteiger partial charge in [0, 0.05) is 6.04 Å². The summed E-state index contributed by atoms with van der Waals surface area (Å²) >= 11 is 0. The van der Waals surface area contributed by atoms with E-state index in [9.17, 15) is 0 Å². The van der Waals surface area contributed by atoms with Crippen molar-refractivity contribution in [2.75, 3.05) is 11.1 Å². The molecule has 1 fully saturated rings. The van der Waals surface area contributed by atoms with E-state index >= 15 is 0 Å². The first-order valence-electron chi connectivity index (χ1n) is 5.91. The zero-order chi connectivity index (χ0) is 10.5. The molecule has 0 amide bonds. The fraction of sp³-hybridized carbons (Fsp3) is 0.727. The number of rotatable bonds is 2. The first-order chi connectivity index (χ1) is 7.36. The van der Waals surface area contributed by atoms with Gasteiger partial charge < -0.3 is 11.1 Å². The molecule has 1 aromatic rings. The molecule has 4 heteroatoms. The Hall–Kier alpha value is -1.19. The zero-order valence-electron chi connectivity index (χ0n) is 9.13. The molecule has 1 heterocycles. The van der Waals surface area contributed by atoms with E-state index in [1.54, 1.807) is 6.20 Å². The van der Waals surface area contributed by atoms with Crippen molar-refractivity contribution < 1.29 is 0 Å². The largest absolute Gasteiger partial charge is 0.382 e. The van der Waals surface area contributed by atoms with Gasteiger partial charge >= 0.3 is 0 Å². The molecule has 4 N–H and O–H groups in total. The molecule has 0 aliphatic heterocycles. The molecule has 1 saturated carbocycles. The molecule has 1 aliphatic rings. The van der Waals surface area contributed by atoms with Gasteiger partial charge in [-0.25, -0.2) is 0 Å². The van der Waals surface area contributed by atoms with Gasteiger partial charge in [0.2, 0.25) is 0 Å². The summed E-state index contributed by atoms with van der Waals surface area (Å²) in [5.74, 6) is 0.650. The standard InChI is InChI=1S/C11H20N4/c12-11-10(8-13-15-11)14-9-6-4-2-1-3-5-7-9/h8-9,14H,1-7H2,(H3,12,13,15). The molecule has 1 aromatic heterocycles. The van der Waals surface area contributed by atoms with Crippen LogP contribution in [0.25, 0.3) is 0 Å². The molecule has 0 unspecified atom stereocenters. The summed E-state index contributed by atoms with van der Waals surface area (Å²) < 4.78 is 0. The van der Waals surface area contributed by atoms with Crippen LogP contribution in [0.2, 0.25) is 0 Å². The predicted molar refractivity (Wildman–Crippen MR) is 62.7 cm³/mol. The lowest BCUT2D eigenvalue weighted by Gasteiger charge is -2.21. The smallest absolute Gasteiger partial charge is 0.142 e. The minimum atomic E-state index is 0.574. The lowest BCUT2D eigenvalue weighted by molar-refractivity contribution is 0.471. The first-order valence-corrected chi connectivity index (χ1v) is 5.91. The zero-order valence-corrected chi connectivity index (χ0v) is 9.13. The second-order valence-corrected chi connectivity index (χ2v) is 4.38. The molecule has 0 spiro atoms.